The number of carbonyl (C=O) groups excluding carboxylic acids is 1. The van der Waals surface area contributed by atoms with Gasteiger partial charge in [0.1, 0.15) is 5.54 Å². The van der Waals surface area contributed by atoms with Crippen LogP contribution in [0.25, 0.3) is 0 Å². The van der Waals surface area contributed by atoms with Crippen LogP contribution >= 0.6 is 0 Å². The van der Waals surface area contributed by atoms with Gasteiger partial charge in [0, 0.05) is 25.7 Å². The van der Waals surface area contributed by atoms with E-state index in [0.717, 1.165) is 11.0 Å². The SMILES string of the molecule is CN(C(=O)N1CC=C(C(F)(F)F)CC1)C(C)(C)C(=O)O. The first-order chi connectivity index (χ1) is 8.98. The van der Waals surface area contributed by atoms with Gasteiger partial charge in [-0.25, -0.2) is 9.59 Å². The molecule has 0 spiro atoms. The number of urea groups is 1. The van der Waals surface area contributed by atoms with Crippen LogP contribution in [0.4, 0.5) is 18.0 Å². The smallest absolute Gasteiger partial charge is 0.412 e. The summed E-state index contributed by atoms with van der Waals surface area (Å²) in [4.78, 5) is 25.4. The predicted octanol–water partition coefficient (Wildman–Crippen LogP) is 2.10. The standard InChI is InChI=1S/C12H17F3N2O3/c1-11(2,9(18)19)16(3)10(20)17-6-4-8(5-7-17)12(13,14)15/h4H,5-7H2,1-3H3,(H,18,19). The molecular formula is C12H17F3N2O3. The molecule has 1 aliphatic rings. The maximum absolute atomic E-state index is 12.5. The Morgan fingerprint density at radius 1 is 1.35 bits per heavy atom. The molecule has 0 aromatic carbocycles. The summed E-state index contributed by atoms with van der Waals surface area (Å²) in [6.07, 6.45) is -3.69. The number of carbonyl (C=O) groups is 2. The zero-order valence-corrected chi connectivity index (χ0v) is 11.5. The Balaban J connectivity index is 2.78. The number of aliphatic carboxylic acids is 1. The lowest BCUT2D eigenvalue weighted by Crippen LogP contribution is -2.55. The monoisotopic (exact) mass is 294 g/mol. The van der Waals surface area contributed by atoms with Crippen LogP contribution in [0.3, 0.4) is 0 Å². The average Bonchev–Trinajstić information content (AvgIpc) is 2.35. The number of carboxylic acids is 1. The molecule has 0 bridgehead atoms. The molecule has 0 saturated heterocycles. The Hall–Kier alpha value is -1.73. The highest BCUT2D eigenvalue weighted by atomic mass is 19.4. The van der Waals surface area contributed by atoms with Crippen LogP contribution in [0.5, 0.6) is 0 Å². The second-order valence-electron chi connectivity index (χ2n) is 5.13. The zero-order chi connectivity index (χ0) is 15.7. The van der Waals surface area contributed by atoms with E-state index < -0.39 is 29.3 Å². The molecule has 0 radical (unpaired) electrons. The number of hydrogen-bond acceptors (Lipinski definition) is 2. The zero-order valence-electron chi connectivity index (χ0n) is 11.5. The van der Waals surface area contributed by atoms with Crippen molar-refractivity contribution in [2.75, 3.05) is 20.1 Å². The fourth-order valence-corrected chi connectivity index (χ4v) is 1.70. The summed E-state index contributed by atoms with van der Waals surface area (Å²) >= 11 is 0. The van der Waals surface area contributed by atoms with E-state index in [1.165, 1.54) is 25.8 Å². The first-order valence-corrected chi connectivity index (χ1v) is 6.00. The quantitative estimate of drug-likeness (QED) is 0.793. The Morgan fingerprint density at radius 2 is 1.90 bits per heavy atom. The third kappa shape index (κ3) is 3.23. The number of nitrogens with zero attached hydrogens (tertiary/aromatic N) is 2. The van der Waals surface area contributed by atoms with Crippen molar-refractivity contribution >= 4 is 12.0 Å². The highest BCUT2D eigenvalue weighted by Gasteiger charge is 2.39. The van der Waals surface area contributed by atoms with Crippen LogP contribution in [0.1, 0.15) is 20.3 Å². The highest BCUT2D eigenvalue weighted by Crippen LogP contribution is 2.30. The molecule has 1 rings (SSSR count). The van der Waals surface area contributed by atoms with Crippen molar-refractivity contribution < 1.29 is 27.9 Å². The molecule has 20 heavy (non-hydrogen) atoms. The molecule has 0 atom stereocenters. The van der Waals surface area contributed by atoms with Crippen LogP contribution in [0.2, 0.25) is 0 Å². The number of hydrogen-bond donors (Lipinski definition) is 1. The third-order valence-electron chi connectivity index (χ3n) is 3.49. The van der Waals surface area contributed by atoms with E-state index in [2.05, 4.69) is 0 Å². The predicted molar refractivity (Wildman–Crippen MR) is 65.2 cm³/mol. The molecule has 0 aromatic rings. The van der Waals surface area contributed by atoms with Gasteiger partial charge in [-0.15, -0.1) is 0 Å². The van der Waals surface area contributed by atoms with E-state index in [9.17, 15) is 22.8 Å². The van der Waals surface area contributed by atoms with Gasteiger partial charge in [-0.2, -0.15) is 13.2 Å². The Labute approximate surface area is 114 Å². The van der Waals surface area contributed by atoms with Crippen molar-refractivity contribution in [1.29, 1.82) is 0 Å². The summed E-state index contributed by atoms with van der Waals surface area (Å²) in [6.45, 7) is 2.46. The van der Waals surface area contributed by atoms with E-state index in [1.807, 2.05) is 0 Å². The molecule has 5 nitrogen and oxygen atoms in total. The topological polar surface area (TPSA) is 60.9 Å². The maximum atomic E-state index is 12.5. The summed E-state index contributed by atoms with van der Waals surface area (Å²) in [5.74, 6) is -1.18. The first-order valence-electron chi connectivity index (χ1n) is 6.00. The summed E-state index contributed by atoms with van der Waals surface area (Å²) in [7, 11) is 1.32. The molecule has 114 valence electrons. The van der Waals surface area contributed by atoms with Crippen LogP contribution < -0.4 is 0 Å². The molecule has 0 saturated carbocycles. The highest BCUT2D eigenvalue weighted by molar-refractivity contribution is 5.85. The lowest BCUT2D eigenvalue weighted by atomic mass is 10.0. The van der Waals surface area contributed by atoms with Crippen LogP contribution in [0, 0.1) is 0 Å². The third-order valence-corrected chi connectivity index (χ3v) is 3.49. The largest absolute Gasteiger partial charge is 0.480 e. The van der Waals surface area contributed by atoms with Crippen molar-refractivity contribution in [3.8, 4) is 0 Å². The van der Waals surface area contributed by atoms with Crippen molar-refractivity contribution in [2.45, 2.75) is 32.0 Å². The van der Waals surface area contributed by atoms with Gasteiger partial charge in [0.2, 0.25) is 0 Å². The van der Waals surface area contributed by atoms with E-state index in [0.29, 0.717) is 0 Å². The number of likely N-dealkylation sites (N-methyl/N-ethyl adjacent to an activating group) is 1. The number of carboxylic acid groups (broad SMARTS) is 1. The van der Waals surface area contributed by atoms with Gasteiger partial charge < -0.3 is 14.9 Å². The normalized spacial score (nSPS) is 16.7. The lowest BCUT2D eigenvalue weighted by Gasteiger charge is -2.37. The molecule has 1 N–H and O–H groups in total. The summed E-state index contributed by atoms with van der Waals surface area (Å²) in [5, 5.41) is 9.03. The van der Waals surface area contributed by atoms with Gasteiger partial charge in [0.05, 0.1) is 0 Å². The minimum Gasteiger partial charge on any atom is -0.480 e. The molecule has 2 amide bonds. The molecule has 0 unspecified atom stereocenters. The minimum atomic E-state index is -4.37. The van der Waals surface area contributed by atoms with Crippen molar-refractivity contribution in [3.63, 3.8) is 0 Å². The fraction of sp³-hybridized carbons (Fsp3) is 0.667. The van der Waals surface area contributed by atoms with Gasteiger partial charge in [-0.05, 0) is 20.3 Å². The molecule has 1 heterocycles. The van der Waals surface area contributed by atoms with Crippen molar-refractivity contribution in [3.05, 3.63) is 11.6 Å². The Kier molecular flexibility index (Phi) is 4.36. The van der Waals surface area contributed by atoms with Gasteiger partial charge in [0.25, 0.3) is 0 Å². The molecule has 0 aliphatic carbocycles. The summed E-state index contributed by atoms with van der Waals surface area (Å²) in [6, 6.07) is -0.602. The van der Waals surface area contributed by atoms with Gasteiger partial charge in [-0.3, -0.25) is 0 Å². The van der Waals surface area contributed by atoms with Gasteiger partial charge in [-0.1, -0.05) is 6.08 Å². The maximum Gasteiger partial charge on any atom is 0.412 e. The van der Waals surface area contributed by atoms with E-state index in [4.69, 9.17) is 5.11 Å². The van der Waals surface area contributed by atoms with Crippen LogP contribution in [-0.4, -0.2) is 58.8 Å². The molecule has 0 aromatic heterocycles. The number of rotatable bonds is 2. The summed E-state index contributed by atoms with van der Waals surface area (Å²) < 4.78 is 37.4. The second-order valence-corrected chi connectivity index (χ2v) is 5.13. The molecular weight excluding hydrogens is 277 g/mol. The molecule has 8 heteroatoms. The number of alkyl halides is 3. The van der Waals surface area contributed by atoms with E-state index >= 15 is 0 Å². The minimum absolute atomic E-state index is 0.0792. The average molecular weight is 294 g/mol. The number of halogens is 3. The van der Waals surface area contributed by atoms with Crippen molar-refractivity contribution in [2.24, 2.45) is 0 Å². The van der Waals surface area contributed by atoms with Crippen LogP contribution in [-0.2, 0) is 4.79 Å². The van der Waals surface area contributed by atoms with Gasteiger partial charge >= 0.3 is 18.2 Å². The number of amides is 2. The first kappa shape index (κ1) is 16.3. The Morgan fingerprint density at radius 3 is 2.25 bits per heavy atom. The Bertz CT molecular complexity index is 444. The van der Waals surface area contributed by atoms with E-state index in [-0.39, 0.29) is 19.5 Å². The van der Waals surface area contributed by atoms with E-state index in [1.54, 1.807) is 0 Å². The fourth-order valence-electron chi connectivity index (χ4n) is 1.70. The second kappa shape index (κ2) is 5.34. The molecule has 1 aliphatic heterocycles. The lowest BCUT2D eigenvalue weighted by molar-refractivity contribution is -0.147. The summed E-state index contributed by atoms with van der Waals surface area (Å²) in [5.41, 5.74) is -2.08. The van der Waals surface area contributed by atoms with Gasteiger partial charge in [0.15, 0.2) is 0 Å². The molecule has 0 fully saturated rings. The van der Waals surface area contributed by atoms with Crippen LogP contribution in [0.15, 0.2) is 11.6 Å². The van der Waals surface area contributed by atoms with Crippen molar-refractivity contribution in [1.82, 2.24) is 9.80 Å².